The number of aliphatic hydroxyl groups is 2. The molecule has 0 aromatic carbocycles. The minimum absolute atomic E-state index is 0.00597. The lowest BCUT2D eigenvalue weighted by Crippen LogP contribution is -2.45. The van der Waals surface area contributed by atoms with Crippen LogP contribution in [0.5, 0.6) is 0 Å². The number of hydrogen-bond donors (Lipinski definition) is 3. The first-order valence-corrected chi connectivity index (χ1v) is 31.0. The highest BCUT2D eigenvalue weighted by atomic mass is 16.5. The van der Waals surface area contributed by atoms with Gasteiger partial charge >= 0.3 is 5.97 Å². The molecule has 68 heavy (non-hydrogen) atoms. The Morgan fingerprint density at radius 1 is 0.397 bits per heavy atom. The van der Waals surface area contributed by atoms with E-state index in [4.69, 9.17) is 4.74 Å². The Labute approximate surface area is 425 Å². The van der Waals surface area contributed by atoms with Crippen molar-refractivity contribution in [2.24, 2.45) is 0 Å². The summed E-state index contributed by atoms with van der Waals surface area (Å²) < 4.78 is 5.48. The highest BCUT2D eigenvalue weighted by molar-refractivity contribution is 5.76. The molecule has 0 rings (SSSR count). The van der Waals surface area contributed by atoms with Crippen molar-refractivity contribution >= 4 is 11.9 Å². The fourth-order valence-electron chi connectivity index (χ4n) is 9.81. The van der Waals surface area contributed by atoms with Crippen molar-refractivity contribution in [3.8, 4) is 0 Å². The average molecular weight is 961 g/mol. The molecule has 0 saturated heterocycles. The van der Waals surface area contributed by atoms with Crippen LogP contribution < -0.4 is 5.32 Å². The van der Waals surface area contributed by atoms with Gasteiger partial charge in [0.05, 0.1) is 25.4 Å². The predicted octanol–water partition coefficient (Wildman–Crippen LogP) is 19.2. The molecule has 3 N–H and O–H groups in total. The van der Waals surface area contributed by atoms with E-state index in [9.17, 15) is 19.8 Å². The fourth-order valence-corrected chi connectivity index (χ4v) is 9.81. The predicted molar refractivity (Wildman–Crippen MR) is 297 cm³/mol. The Morgan fingerprint density at radius 2 is 0.676 bits per heavy atom. The van der Waals surface area contributed by atoms with Crippen LogP contribution in [0.25, 0.3) is 0 Å². The monoisotopic (exact) mass is 960 g/mol. The molecule has 0 radical (unpaired) electrons. The quantitative estimate of drug-likeness (QED) is 0.0321. The van der Waals surface area contributed by atoms with Gasteiger partial charge < -0.3 is 20.3 Å². The standard InChI is InChI=1S/C62H121NO5/c1-3-5-7-9-11-13-15-17-19-20-21-22-23-27-30-34-38-42-46-50-54-60(65)59(58-64)63-61(66)55-51-47-43-39-35-31-28-24-25-29-33-37-41-45-49-53-57-68-62(67)56-52-48-44-40-36-32-26-18-16-14-12-10-8-6-4-2/h50,54,59-60,64-65H,3-49,51-53,55-58H2,1-2H3,(H,63,66)/b54-50+. The summed E-state index contributed by atoms with van der Waals surface area (Å²) in [6.45, 7) is 4.92. The number of carbonyl (C=O) groups excluding carboxylic acids is 2. The van der Waals surface area contributed by atoms with E-state index >= 15 is 0 Å². The van der Waals surface area contributed by atoms with Crippen molar-refractivity contribution in [2.75, 3.05) is 13.2 Å². The van der Waals surface area contributed by atoms with Crippen molar-refractivity contribution in [2.45, 2.75) is 360 Å². The molecule has 0 bridgehead atoms. The van der Waals surface area contributed by atoms with Crippen LogP contribution >= 0.6 is 0 Å². The zero-order valence-corrected chi connectivity index (χ0v) is 46.1. The van der Waals surface area contributed by atoms with Gasteiger partial charge in [0.1, 0.15) is 0 Å². The smallest absolute Gasteiger partial charge is 0.305 e. The van der Waals surface area contributed by atoms with Crippen LogP contribution in [0.2, 0.25) is 0 Å². The molecule has 0 aromatic heterocycles. The van der Waals surface area contributed by atoms with Gasteiger partial charge in [-0.05, 0) is 32.1 Å². The molecule has 0 saturated carbocycles. The first-order chi connectivity index (χ1) is 33.5. The maximum atomic E-state index is 12.5. The molecule has 2 unspecified atom stereocenters. The number of amides is 1. The van der Waals surface area contributed by atoms with Gasteiger partial charge in [-0.1, -0.05) is 315 Å². The topological polar surface area (TPSA) is 95.9 Å². The lowest BCUT2D eigenvalue weighted by molar-refractivity contribution is -0.143. The van der Waals surface area contributed by atoms with Crippen LogP contribution in [0.4, 0.5) is 0 Å². The number of hydrogen-bond acceptors (Lipinski definition) is 5. The number of aliphatic hydroxyl groups excluding tert-OH is 2. The molecular formula is C62H121NO5. The Hall–Kier alpha value is -1.40. The normalized spacial score (nSPS) is 12.6. The summed E-state index contributed by atoms with van der Waals surface area (Å²) in [4.78, 5) is 24.6. The first kappa shape index (κ1) is 66.6. The maximum absolute atomic E-state index is 12.5. The Bertz CT molecular complexity index is 1020. The molecule has 0 fully saturated rings. The summed E-state index contributed by atoms with van der Waals surface area (Å²) in [5.74, 6) is -0.0650. The zero-order chi connectivity index (χ0) is 49.3. The van der Waals surface area contributed by atoms with E-state index < -0.39 is 12.1 Å². The van der Waals surface area contributed by atoms with Gasteiger partial charge in [0, 0.05) is 12.8 Å². The third-order valence-corrected chi connectivity index (χ3v) is 14.6. The Balaban J connectivity index is 3.44. The van der Waals surface area contributed by atoms with Crippen molar-refractivity contribution in [3.63, 3.8) is 0 Å². The van der Waals surface area contributed by atoms with E-state index in [-0.39, 0.29) is 18.5 Å². The molecule has 0 aliphatic carbocycles. The Morgan fingerprint density at radius 3 is 1.00 bits per heavy atom. The molecule has 6 heteroatoms. The summed E-state index contributed by atoms with van der Waals surface area (Å²) in [7, 11) is 0. The number of nitrogens with one attached hydrogen (secondary N) is 1. The van der Waals surface area contributed by atoms with Crippen molar-refractivity contribution < 1.29 is 24.5 Å². The lowest BCUT2D eigenvalue weighted by Gasteiger charge is -2.20. The number of ether oxygens (including phenoxy) is 1. The average Bonchev–Trinajstić information content (AvgIpc) is 3.34. The summed E-state index contributed by atoms with van der Waals surface area (Å²) in [5, 5.41) is 23.2. The summed E-state index contributed by atoms with van der Waals surface area (Å²) in [6, 6.07) is -0.633. The van der Waals surface area contributed by atoms with Crippen LogP contribution in [0.15, 0.2) is 12.2 Å². The largest absolute Gasteiger partial charge is 0.466 e. The minimum Gasteiger partial charge on any atom is -0.466 e. The van der Waals surface area contributed by atoms with Gasteiger partial charge in [-0.2, -0.15) is 0 Å². The molecule has 1 amide bonds. The van der Waals surface area contributed by atoms with E-state index in [0.717, 1.165) is 44.9 Å². The molecule has 0 aliphatic rings. The zero-order valence-electron chi connectivity index (χ0n) is 46.1. The van der Waals surface area contributed by atoms with Crippen LogP contribution in [0.3, 0.4) is 0 Å². The number of carbonyl (C=O) groups is 2. The SMILES string of the molecule is CCCCCCCCCCCCCCCCCCCC/C=C/C(O)C(CO)NC(=O)CCCCCCCCCCCCCCCCCCOC(=O)CCCCCCCCCCCCCCCCC. The highest BCUT2D eigenvalue weighted by Gasteiger charge is 2.18. The van der Waals surface area contributed by atoms with Gasteiger partial charge in [-0.25, -0.2) is 0 Å². The van der Waals surface area contributed by atoms with E-state index in [2.05, 4.69) is 19.2 Å². The van der Waals surface area contributed by atoms with E-state index in [1.165, 1.54) is 276 Å². The second kappa shape index (κ2) is 58.2. The van der Waals surface area contributed by atoms with Gasteiger partial charge in [0.15, 0.2) is 0 Å². The van der Waals surface area contributed by atoms with E-state index in [0.29, 0.717) is 19.4 Å². The van der Waals surface area contributed by atoms with Crippen molar-refractivity contribution in [1.82, 2.24) is 5.32 Å². The van der Waals surface area contributed by atoms with E-state index in [1.54, 1.807) is 6.08 Å². The second-order valence-electron chi connectivity index (χ2n) is 21.4. The summed E-state index contributed by atoms with van der Waals surface area (Å²) >= 11 is 0. The molecule has 404 valence electrons. The first-order valence-electron chi connectivity index (χ1n) is 31.0. The van der Waals surface area contributed by atoms with Crippen molar-refractivity contribution in [3.05, 3.63) is 12.2 Å². The summed E-state index contributed by atoms with van der Waals surface area (Å²) in [6.07, 6.45) is 69.5. The highest BCUT2D eigenvalue weighted by Crippen LogP contribution is 2.18. The van der Waals surface area contributed by atoms with Gasteiger partial charge in [-0.15, -0.1) is 0 Å². The molecule has 0 aliphatic heterocycles. The lowest BCUT2D eigenvalue weighted by atomic mass is 10.0. The molecule has 2 atom stereocenters. The number of esters is 1. The molecule has 0 heterocycles. The molecule has 0 spiro atoms. The third-order valence-electron chi connectivity index (χ3n) is 14.6. The van der Waals surface area contributed by atoms with Gasteiger partial charge in [0.2, 0.25) is 5.91 Å². The number of unbranched alkanes of at least 4 members (excludes halogenated alkanes) is 47. The van der Waals surface area contributed by atoms with Crippen LogP contribution in [-0.2, 0) is 14.3 Å². The number of rotatable bonds is 58. The maximum Gasteiger partial charge on any atom is 0.305 e. The van der Waals surface area contributed by atoms with Crippen molar-refractivity contribution in [1.29, 1.82) is 0 Å². The number of allylic oxidation sites excluding steroid dienone is 1. The van der Waals surface area contributed by atoms with E-state index in [1.807, 2.05) is 6.08 Å². The van der Waals surface area contributed by atoms with Gasteiger partial charge in [0.25, 0.3) is 0 Å². The van der Waals surface area contributed by atoms with Crippen LogP contribution in [-0.4, -0.2) is 47.4 Å². The van der Waals surface area contributed by atoms with Crippen LogP contribution in [0.1, 0.15) is 348 Å². The van der Waals surface area contributed by atoms with Crippen LogP contribution in [0, 0.1) is 0 Å². The fraction of sp³-hybridized carbons (Fsp3) is 0.935. The summed E-state index contributed by atoms with van der Waals surface area (Å²) in [5.41, 5.74) is 0. The second-order valence-corrected chi connectivity index (χ2v) is 21.4. The Kier molecular flexibility index (Phi) is 57.0. The third kappa shape index (κ3) is 53.9. The minimum atomic E-state index is -0.849. The molecule has 6 nitrogen and oxygen atoms in total. The van der Waals surface area contributed by atoms with Gasteiger partial charge in [-0.3, -0.25) is 9.59 Å². The molecular weight excluding hydrogens is 839 g/mol. The molecule has 0 aromatic rings.